The minimum Gasteiger partial charge on any atom is -0.486 e. The molecule has 6 nitrogen and oxygen atoms in total. The lowest BCUT2D eigenvalue weighted by atomic mass is 10.2. The van der Waals surface area contributed by atoms with Crippen molar-refractivity contribution in [3.05, 3.63) is 70.1 Å². The first-order valence-corrected chi connectivity index (χ1v) is 8.43. The Morgan fingerprint density at radius 2 is 1.81 bits per heavy atom. The first-order valence-electron chi connectivity index (χ1n) is 8.43. The number of ether oxygens (including phenoxy) is 2. The second-order valence-electron chi connectivity index (χ2n) is 6.03. The van der Waals surface area contributed by atoms with E-state index in [-0.39, 0.29) is 5.56 Å². The summed E-state index contributed by atoms with van der Waals surface area (Å²) in [6.45, 7) is 2.92. The molecule has 0 fully saturated rings. The number of rotatable bonds is 3. The predicted molar refractivity (Wildman–Crippen MR) is 100 cm³/mol. The van der Waals surface area contributed by atoms with Crippen LogP contribution in [0.4, 0.5) is 5.69 Å². The van der Waals surface area contributed by atoms with Crippen molar-refractivity contribution in [3.63, 3.8) is 0 Å². The highest BCUT2D eigenvalue weighted by atomic mass is 16.6. The third-order valence-electron chi connectivity index (χ3n) is 4.48. The van der Waals surface area contributed by atoms with Gasteiger partial charge in [0.25, 0.3) is 5.56 Å². The Morgan fingerprint density at radius 3 is 2.62 bits per heavy atom. The molecule has 0 bridgehead atoms. The Balaban J connectivity index is 1.77. The van der Waals surface area contributed by atoms with E-state index in [0.717, 1.165) is 11.4 Å². The Kier molecular flexibility index (Phi) is 4.08. The highest BCUT2D eigenvalue weighted by Crippen LogP contribution is 2.38. The maximum Gasteiger partial charge on any atom is 0.280 e. The van der Waals surface area contributed by atoms with Crippen molar-refractivity contribution in [2.75, 3.05) is 13.2 Å². The van der Waals surface area contributed by atoms with Crippen molar-refractivity contribution in [2.45, 2.75) is 6.92 Å². The van der Waals surface area contributed by atoms with Crippen LogP contribution in [0.25, 0.3) is 5.69 Å². The Bertz CT molecular complexity index is 1030. The monoisotopic (exact) mass is 349 g/mol. The molecule has 0 spiro atoms. The molecule has 1 aliphatic heterocycles. The summed E-state index contributed by atoms with van der Waals surface area (Å²) in [6.07, 6.45) is 1.60. The SMILES string of the molecule is Cc1c(C=Nc2cccc3c2OCCO3)c(=O)n(-c2ccccc2)n1C. The molecule has 1 aliphatic rings. The lowest BCUT2D eigenvalue weighted by Crippen LogP contribution is -2.20. The molecular weight excluding hydrogens is 330 g/mol. The second kappa shape index (κ2) is 6.55. The molecule has 1 aromatic heterocycles. The number of fused-ring (bicyclic) bond motifs is 1. The van der Waals surface area contributed by atoms with E-state index < -0.39 is 0 Å². The third-order valence-corrected chi connectivity index (χ3v) is 4.48. The van der Waals surface area contributed by atoms with E-state index in [1.54, 1.807) is 10.9 Å². The molecule has 0 saturated carbocycles. The van der Waals surface area contributed by atoms with Gasteiger partial charge < -0.3 is 9.47 Å². The lowest BCUT2D eigenvalue weighted by molar-refractivity contribution is 0.172. The van der Waals surface area contributed by atoms with Crippen molar-refractivity contribution < 1.29 is 9.47 Å². The Morgan fingerprint density at radius 1 is 1.04 bits per heavy atom. The second-order valence-corrected chi connectivity index (χ2v) is 6.03. The standard InChI is InChI=1S/C20H19N3O3/c1-14-16(20(24)23(22(14)2)15-7-4-3-5-8-15)13-21-17-9-6-10-18-19(17)26-12-11-25-18/h3-10,13H,11-12H2,1-2H3. The molecular formula is C20H19N3O3. The number of para-hydroxylation sites is 2. The molecule has 0 saturated heterocycles. The molecule has 2 heterocycles. The number of aliphatic imine (C=N–C) groups is 1. The topological polar surface area (TPSA) is 57.8 Å². The predicted octanol–water partition coefficient (Wildman–Crippen LogP) is 3.01. The van der Waals surface area contributed by atoms with Crippen molar-refractivity contribution in [2.24, 2.45) is 12.0 Å². The molecule has 0 N–H and O–H groups in total. The first-order chi connectivity index (χ1) is 12.7. The van der Waals surface area contributed by atoms with Crippen LogP contribution in [0.15, 0.2) is 58.3 Å². The molecule has 0 aliphatic carbocycles. The van der Waals surface area contributed by atoms with Gasteiger partial charge in [-0.1, -0.05) is 24.3 Å². The molecule has 4 rings (SSSR count). The van der Waals surface area contributed by atoms with E-state index in [9.17, 15) is 4.79 Å². The molecule has 0 atom stereocenters. The number of aromatic nitrogens is 2. The average Bonchev–Trinajstić information content (AvgIpc) is 2.89. The van der Waals surface area contributed by atoms with Crippen LogP contribution in [0.1, 0.15) is 11.3 Å². The van der Waals surface area contributed by atoms with Crippen LogP contribution >= 0.6 is 0 Å². The zero-order chi connectivity index (χ0) is 18.1. The first kappa shape index (κ1) is 16.2. The molecule has 6 heteroatoms. The van der Waals surface area contributed by atoms with Gasteiger partial charge in [-0.3, -0.25) is 14.5 Å². The van der Waals surface area contributed by atoms with Gasteiger partial charge in [-0.05, 0) is 31.2 Å². The number of hydrogen-bond donors (Lipinski definition) is 0. The fraction of sp³-hybridized carbons (Fsp3) is 0.200. The Hall–Kier alpha value is -3.28. The molecule has 3 aromatic rings. The van der Waals surface area contributed by atoms with Gasteiger partial charge in [-0.15, -0.1) is 0 Å². The van der Waals surface area contributed by atoms with Crippen molar-refractivity contribution >= 4 is 11.9 Å². The normalized spacial score (nSPS) is 13.3. The van der Waals surface area contributed by atoms with Crippen LogP contribution in [-0.4, -0.2) is 28.8 Å². The molecule has 26 heavy (non-hydrogen) atoms. The quantitative estimate of drug-likeness (QED) is 0.683. The van der Waals surface area contributed by atoms with Crippen LogP contribution in [0.5, 0.6) is 11.5 Å². The summed E-state index contributed by atoms with van der Waals surface area (Å²) in [6, 6.07) is 15.1. The fourth-order valence-electron chi connectivity index (χ4n) is 3.03. The summed E-state index contributed by atoms with van der Waals surface area (Å²) < 4.78 is 14.7. The van der Waals surface area contributed by atoms with Gasteiger partial charge in [0.1, 0.15) is 18.9 Å². The molecule has 0 amide bonds. The summed E-state index contributed by atoms with van der Waals surface area (Å²) in [5, 5.41) is 0. The summed E-state index contributed by atoms with van der Waals surface area (Å²) in [4.78, 5) is 17.4. The molecule has 0 unspecified atom stereocenters. The van der Waals surface area contributed by atoms with E-state index in [1.807, 2.05) is 67.2 Å². The van der Waals surface area contributed by atoms with Gasteiger partial charge in [-0.2, -0.15) is 0 Å². The molecule has 2 aromatic carbocycles. The zero-order valence-electron chi connectivity index (χ0n) is 14.7. The van der Waals surface area contributed by atoms with Crippen molar-refractivity contribution in [1.82, 2.24) is 9.36 Å². The average molecular weight is 349 g/mol. The van der Waals surface area contributed by atoms with Gasteiger partial charge >= 0.3 is 0 Å². The number of hydrogen-bond acceptors (Lipinski definition) is 4. The summed E-state index contributed by atoms with van der Waals surface area (Å²) >= 11 is 0. The van der Waals surface area contributed by atoms with E-state index in [0.29, 0.717) is 36.0 Å². The molecule has 132 valence electrons. The highest BCUT2D eigenvalue weighted by Gasteiger charge is 2.17. The number of benzene rings is 2. The maximum absolute atomic E-state index is 12.9. The van der Waals surface area contributed by atoms with Crippen LogP contribution in [-0.2, 0) is 7.05 Å². The van der Waals surface area contributed by atoms with Crippen molar-refractivity contribution in [3.8, 4) is 17.2 Å². The number of nitrogens with zero attached hydrogens (tertiary/aromatic N) is 3. The minimum absolute atomic E-state index is 0.109. The fourth-order valence-corrected chi connectivity index (χ4v) is 3.03. The largest absolute Gasteiger partial charge is 0.486 e. The zero-order valence-corrected chi connectivity index (χ0v) is 14.7. The van der Waals surface area contributed by atoms with Gasteiger partial charge in [0.05, 0.1) is 11.3 Å². The lowest BCUT2D eigenvalue weighted by Gasteiger charge is -2.19. The summed E-state index contributed by atoms with van der Waals surface area (Å²) in [7, 11) is 1.86. The maximum atomic E-state index is 12.9. The van der Waals surface area contributed by atoms with Gasteiger partial charge in [0.15, 0.2) is 11.5 Å². The smallest absolute Gasteiger partial charge is 0.280 e. The van der Waals surface area contributed by atoms with E-state index in [1.165, 1.54) is 0 Å². The summed E-state index contributed by atoms with van der Waals surface area (Å²) in [5.74, 6) is 1.30. The van der Waals surface area contributed by atoms with Crippen LogP contribution < -0.4 is 15.0 Å². The van der Waals surface area contributed by atoms with E-state index >= 15 is 0 Å². The van der Waals surface area contributed by atoms with Crippen LogP contribution in [0.3, 0.4) is 0 Å². The molecule has 0 radical (unpaired) electrons. The Labute approximate surface area is 150 Å². The van der Waals surface area contributed by atoms with Gasteiger partial charge in [-0.25, -0.2) is 4.68 Å². The van der Waals surface area contributed by atoms with E-state index in [4.69, 9.17) is 9.47 Å². The van der Waals surface area contributed by atoms with Crippen LogP contribution in [0.2, 0.25) is 0 Å². The van der Waals surface area contributed by atoms with E-state index in [2.05, 4.69) is 4.99 Å². The van der Waals surface area contributed by atoms with Crippen molar-refractivity contribution in [1.29, 1.82) is 0 Å². The van der Waals surface area contributed by atoms with Gasteiger partial charge in [0, 0.05) is 19.0 Å². The minimum atomic E-state index is -0.109. The van der Waals surface area contributed by atoms with Crippen LogP contribution in [0, 0.1) is 6.92 Å². The third kappa shape index (κ3) is 2.69. The highest BCUT2D eigenvalue weighted by molar-refractivity contribution is 5.84. The van der Waals surface area contributed by atoms with Gasteiger partial charge in [0.2, 0.25) is 0 Å². The summed E-state index contributed by atoms with van der Waals surface area (Å²) in [5.41, 5.74) is 2.74.